The van der Waals surface area contributed by atoms with Gasteiger partial charge in [0.05, 0.1) is 16.9 Å². The third-order valence-electron chi connectivity index (χ3n) is 2.87. The fourth-order valence-corrected chi connectivity index (χ4v) is 3.01. The van der Waals surface area contributed by atoms with Crippen LogP contribution < -0.4 is 11.1 Å². The molecule has 104 valence electrons. The smallest absolute Gasteiger partial charge is 0.256 e. The average Bonchev–Trinajstić information content (AvgIpc) is 2.36. The molecule has 0 aliphatic carbocycles. The van der Waals surface area contributed by atoms with Crippen molar-refractivity contribution >= 4 is 49.1 Å². The first-order valence-electron chi connectivity index (χ1n) is 6.01. The van der Waals surface area contributed by atoms with Crippen molar-refractivity contribution < 1.29 is 4.79 Å². The summed E-state index contributed by atoms with van der Waals surface area (Å²) in [7, 11) is 0. The van der Waals surface area contributed by atoms with Crippen molar-refractivity contribution in [3.63, 3.8) is 0 Å². The van der Waals surface area contributed by atoms with Gasteiger partial charge in [0.15, 0.2) is 0 Å². The Kier molecular flexibility index (Phi) is 4.50. The van der Waals surface area contributed by atoms with E-state index in [0.29, 0.717) is 16.9 Å². The molecule has 2 aromatic carbocycles. The minimum Gasteiger partial charge on any atom is -0.397 e. The van der Waals surface area contributed by atoms with Crippen molar-refractivity contribution in [1.29, 1.82) is 0 Å². The molecule has 0 atom stereocenters. The lowest BCUT2D eigenvalue weighted by molar-refractivity contribution is 0.102. The van der Waals surface area contributed by atoms with Gasteiger partial charge in [0.25, 0.3) is 5.91 Å². The minimum atomic E-state index is -0.197. The van der Waals surface area contributed by atoms with Crippen LogP contribution in [0.3, 0.4) is 0 Å². The molecule has 0 fully saturated rings. The summed E-state index contributed by atoms with van der Waals surface area (Å²) in [6.07, 6.45) is 0. The summed E-state index contributed by atoms with van der Waals surface area (Å²) in [5.41, 5.74) is 9.72. The number of hydrogen-bond acceptors (Lipinski definition) is 2. The lowest BCUT2D eigenvalue weighted by Gasteiger charge is -2.12. The van der Waals surface area contributed by atoms with E-state index in [2.05, 4.69) is 37.2 Å². The Morgan fingerprint density at radius 1 is 1.05 bits per heavy atom. The second-order valence-electron chi connectivity index (χ2n) is 4.65. The third-order valence-corrected chi connectivity index (χ3v) is 4.19. The number of anilines is 2. The van der Waals surface area contributed by atoms with Gasteiger partial charge in [-0.2, -0.15) is 0 Å². The van der Waals surface area contributed by atoms with Crippen LogP contribution in [0.15, 0.2) is 39.3 Å². The van der Waals surface area contributed by atoms with E-state index in [4.69, 9.17) is 5.73 Å². The van der Waals surface area contributed by atoms with Crippen LogP contribution in [-0.2, 0) is 0 Å². The van der Waals surface area contributed by atoms with Crippen LogP contribution >= 0.6 is 31.9 Å². The van der Waals surface area contributed by atoms with Gasteiger partial charge in [-0.05, 0) is 75.5 Å². The van der Waals surface area contributed by atoms with Gasteiger partial charge >= 0.3 is 0 Å². The molecule has 2 rings (SSSR count). The van der Waals surface area contributed by atoms with Crippen LogP contribution in [-0.4, -0.2) is 5.91 Å². The van der Waals surface area contributed by atoms with Crippen LogP contribution in [0.2, 0.25) is 0 Å². The highest BCUT2D eigenvalue weighted by molar-refractivity contribution is 9.11. The van der Waals surface area contributed by atoms with E-state index in [0.717, 1.165) is 20.1 Å². The van der Waals surface area contributed by atoms with Crippen molar-refractivity contribution in [2.45, 2.75) is 13.8 Å². The number of carbonyl (C=O) groups excluding carboxylic acids is 1. The minimum absolute atomic E-state index is 0.197. The largest absolute Gasteiger partial charge is 0.397 e. The molecule has 0 aliphatic heterocycles. The van der Waals surface area contributed by atoms with Gasteiger partial charge in [-0.15, -0.1) is 0 Å². The molecule has 0 radical (unpaired) electrons. The van der Waals surface area contributed by atoms with Gasteiger partial charge in [-0.3, -0.25) is 4.79 Å². The molecule has 3 N–H and O–H groups in total. The van der Waals surface area contributed by atoms with Crippen molar-refractivity contribution in [1.82, 2.24) is 0 Å². The molecule has 2 aromatic rings. The van der Waals surface area contributed by atoms with Gasteiger partial charge in [0.2, 0.25) is 0 Å². The average molecular weight is 398 g/mol. The maximum Gasteiger partial charge on any atom is 0.256 e. The summed E-state index contributed by atoms with van der Waals surface area (Å²) >= 11 is 6.81. The summed E-state index contributed by atoms with van der Waals surface area (Å²) in [5, 5.41) is 2.85. The first-order chi connectivity index (χ1) is 9.38. The van der Waals surface area contributed by atoms with Crippen molar-refractivity contribution in [3.05, 3.63) is 56.0 Å². The van der Waals surface area contributed by atoms with E-state index in [1.54, 1.807) is 0 Å². The molecule has 0 heterocycles. The molecule has 0 saturated carbocycles. The molecule has 5 heteroatoms. The number of aryl methyl sites for hydroxylation is 2. The number of halogens is 2. The van der Waals surface area contributed by atoms with Crippen LogP contribution in [0.25, 0.3) is 0 Å². The van der Waals surface area contributed by atoms with Crippen LogP contribution in [0, 0.1) is 13.8 Å². The molecule has 0 unspecified atom stereocenters. The Bertz CT molecular complexity index is 661. The number of amides is 1. The first kappa shape index (κ1) is 15.1. The highest BCUT2D eigenvalue weighted by Crippen LogP contribution is 2.31. The summed E-state index contributed by atoms with van der Waals surface area (Å²) < 4.78 is 1.52. The normalized spacial score (nSPS) is 10.4. The highest BCUT2D eigenvalue weighted by Gasteiger charge is 2.14. The summed E-state index contributed by atoms with van der Waals surface area (Å²) in [4.78, 5) is 12.4. The number of benzene rings is 2. The van der Waals surface area contributed by atoms with E-state index in [1.165, 1.54) is 0 Å². The first-order valence-corrected chi connectivity index (χ1v) is 7.60. The third kappa shape index (κ3) is 3.22. The quantitative estimate of drug-likeness (QED) is 0.723. The fourth-order valence-electron chi connectivity index (χ4n) is 1.89. The number of hydrogen-bond donors (Lipinski definition) is 2. The summed E-state index contributed by atoms with van der Waals surface area (Å²) in [6, 6.07) is 9.37. The molecule has 0 bridgehead atoms. The number of nitrogens with one attached hydrogen (secondary N) is 1. The molecule has 0 aliphatic rings. The molecule has 0 saturated heterocycles. The molecule has 1 amide bonds. The molecule has 0 spiro atoms. The standard InChI is InChI=1S/C15H14Br2N2O/c1-8-3-4-11(16)10(5-8)15(20)19-14-12(17)6-9(2)7-13(14)18/h3-7H,18H2,1-2H3,(H,19,20). The Morgan fingerprint density at radius 3 is 2.40 bits per heavy atom. The van der Waals surface area contributed by atoms with Crippen molar-refractivity contribution in [2.75, 3.05) is 11.1 Å². The number of rotatable bonds is 2. The maximum absolute atomic E-state index is 12.4. The topological polar surface area (TPSA) is 55.1 Å². The van der Waals surface area contributed by atoms with E-state index in [1.807, 2.05) is 44.2 Å². The SMILES string of the molecule is Cc1cc(N)c(NC(=O)c2cc(C)ccc2Br)c(Br)c1. The maximum atomic E-state index is 12.4. The van der Waals surface area contributed by atoms with Crippen LogP contribution in [0.5, 0.6) is 0 Å². The van der Waals surface area contributed by atoms with Crippen LogP contribution in [0.1, 0.15) is 21.5 Å². The van der Waals surface area contributed by atoms with Gasteiger partial charge in [-0.25, -0.2) is 0 Å². The summed E-state index contributed by atoms with van der Waals surface area (Å²) in [5.74, 6) is -0.197. The lowest BCUT2D eigenvalue weighted by Crippen LogP contribution is -2.14. The predicted octanol–water partition coefficient (Wildman–Crippen LogP) is 4.66. The Morgan fingerprint density at radius 2 is 1.75 bits per heavy atom. The van der Waals surface area contributed by atoms with Crippen molar-refractivity contribution in [3.8, 4) is 0 Å². The van der Waals surface area contributed by atoms with Crippen molar-refractivity contribution in [2.24, 2.45) is 0 Å². The molecule has 0 aromatic heterocycles. The van der Waals surface area contributed by atoms with Gasteiger partial charge in [0.1, 0.15) is 0 Å². The van der Waals surface area contributed by atoms with E-state index < -0.39 is 0 Å². The van der Waals surface area contributed by atoms with Gasteiger partial charge in [-0.1, -0.05) is 11.6 Å². The Hall–Kier alpha value is -1.33. The Labute approximate surface area is 134 Å². The molecule has 3 nitrogen and oxygen atoms in total. The van der Waals surface area contributed by atoms with Gasteiger partial charge < -0.3 is 11.1 Å². The number of carbonyl (C=O) groups is 1. The zero-order valence-corrected chi connectivity index (χ0v) is 14.3. The van der Waals surface area contributed by atoms with Gasteiger partial charge in [0, 0.05) is 8.95 Å². The predicted molar refractivity (Wildman–Crippen MR) is 90.1 cm³/mol. The summed E-state index contributed by atoms with van der Waals surface area (Å²) in [6.45, 7) is 3.89. The lowest BCUT2D eigenvalue weighted by atomic mass is 10.1. The zero-order chi connectivity index (χ0) is 14.9. The second-order valence-corrected chi connectivity index (χ2v) is 6.36. The fraction of sp³-hybridized carbons (Fsp3) is 0.133. The Balaban J connectivity index is 2.35. The highest BCUT2D eigenvalue weighted by atomic mass is 79.9. The van der Waals surface area contributed by atoms with E-state index in [9.17, 15) is 4.79 Å². The molecular formula is C15H14Br2N2O. The second kappa shape index (κ2) is 5.97. The number of nitrogen functional groups attached to an aromatic ring is 1. The molecular weight excluding hydrogens is 384 g/mol. The van der Waals surface area contributed by atoms with Crippen LogP contribution in [0.4, 0.5) is 11.4 Å². The molecule has 20 heavy (non-hydrogen) atoms. The van der Waals surface area contributed by atoms with E-state index in [-0.39, 0.29) is 5.91 Å². The zero-order valence-electron chi connectivity index (χ0n) is 11.1. The van der Waals surface area contributed by atoms with E-state index >= 15 is 0 Å². The monoisotopic (exact) mass is 396 g/mol. The number of nitrogens with two attached hydrogens (primary N) is 1.